The maximum absolute atomic E-state index is 8.67. The standard InChI is InChI=1S/C17H28O3/c1-19-17-11-9-16(10-12-17)15-20-14-8-6-4-2-3-5-7-13-18/h9-12,18H,2-8,13-15H2,1H3. The van der Waals surface area contributed by atoms with E-state index in [1.54, 1.807) is 7.11 Å². The van der Waals surface area contributed by atoms with Gasteiger partial charge in [-0.1, -0.05) is 44.2 Å². The highest BCUT2D eigenvalue weighted by atomic mass is 16.5. The summed E-state index contributed by atoms with van der Waals surface area (Å²) in [6.07, 6.45) is 8.27. The van der Waals surface area contributed by atoms with E-state index in [9.17, 15) is 0 Å². The van der Waals surface area contributed by atoms with Crippen molar-refractivity contribution in [3.05, 3.63) is 29.8 Å². The molecular weight excluding hydrogens is 252 g/mol. The van der Waals surface area contributed by atoms with Gasteiger partial charge < -0.3 is 14.6 Å². The summed E-state index contributed by atoms with van der Waals surface area (Å²) in [4.78, 5) is 0. The van der Waals surface area contributed by atoms with Gasteiger partial charge in [0.2, 0.25) is 0 Å². The van der Waals surface area contributed by atoms with E-state index >= 15 is 0 Å². The maximum Gasteiger partial charge on any atom is 0.118 e. The molecule has 0 amide bonds. The molecule has 3 nitrogen and oxygen atoms in total. The van der Waals surface area contributed by atoms with Gasteiger partial charge in [-0.05, 0) is 30.5 Å². The van der Waals surface area contributed by atoms with Crippen molar-refractivity contribution in [3.63, 3.8) is 0 Å². The van der Waals surface area contributed by atoms with E-state index in [4.69, 9.17) is 14.6 Å². The fourth-order valence-electron chi connectivity index (χ4n) is 2.11. The van der Waals surface area contributed by atoms with Crippen LogP contribution in [0.5, 0.6) is 5.75 Å². The predicted molar refractivity (Wildman–Crippen MR) is 82.1 cm³/mol. The van der Waals surface area contributed by atoms with Crippen LogP contribution >= 0.6 is 0 Å². The first-order valence-corrected chi connectivity index (χ1v) is 7.68. The van der Waals surface area contributed by atoms with Gasteiger partial charge in [0, 0.05) is 13.2 Å². The smallest absolute Gasteiger partial charge is 0.118 e. The van der Waals surface area contributed by atoms with Gasteiger partial charge >= 0.3 is 0 Å². The zero-order chi connectivity index (χ0) is 14.5. The summed E-state index contributed by atoms with van der Waals surface area (Å²) in [6, 6.07) is 8.01. The minimum atomic E-state index is 0.333. The van der Waals surface area contributed by atoms with E-state index in [0.29, 0.717) is 13.2 Å². The minimum absolute atomic E-state index is 0.333. The van der Waals surface area contributed by atoms with Crippen molar-refractivity contribution in [1.82, 2.24) is 0 Å². The highest BCUT2D eigenvalue weighted by molar-refractivity contribution is 5.26. The van der Waals surface area contributed by atoms with Crippen molar-refractivity contribution in [3.8, 4) is 5.75 Å². The molecule has 1 rings (SSSR count). The molecule has 0 aliphatic carbocycles. The van der Waals surface area contributed by atoms with Crippen LogP contribution in [0.15, 0.2) is 24.3 Å². The molecule has 0 fully saturated rings. The van der Waals surface area contributed by atoms with E-state index in [1.165, 1.54) is 31.2 Å². The van der Waals surface area contributed by atoms with Crippen molar-refractivity contribution in [2.75, 3.05) is 20.3 Å². The van der Waals surface area contributed by atoms with Crippen molar-refractivity contribution in [2.45, 2.75) is 51.6 Å². The highest BCUT2D eigenvalue weighted by Gasteiger charge is 1.96. The van der Waals surface area contributed by atoms with Gasteiger partial charge in [0.05, 0.1) is 13.7 Å². The number of benzene rings is 1. The number of rotatable bonds is 12. The molecule has 0 heterocycles. The molecule has 0 unspecified atom stereocenters. The van der Waals surface area contributed by atoms with Crippen molar-refractivity contribution >= 4 is 0 Å². The van der Waals surface area contributed by atoms with E-state index in [2.05, 4.69) is 0 Å². The number of aliphatic hydroxyl groups is 1. The van der Waals surface area contributed by atoms with Gasteiger partial charge in [-0.15, -0.1) is 0 Å². The molecule has 0 atom stereocenters. The summed E-state index contributed by atoms with van der Waals surface area (Å²) < 4.78 is 10.8. The summed E-state index contributed by atoms with van der Waals surface area (Å²) in [5.74, 6) is 0.884. The fraction of sp³-hybridized carbons (Fsp3) is 0.647. The summed E-state index contributed by atoms with van der Waals surface area (Å²) in [7, 11) is 1.68. The zero-order valence-electron chi connectivity index (χ0n) is 12.6. The SMILES string of the molecule is COc1ccc(COCCCCCCCCCO)cc1. The Labute approximate surface area is 122 Å². The quantitative estimate of drug-likeness (QED) is 0.589. The maximum atomic E-state index is 8.67. The Morgan fingerprint density at radius 3 is 2.05 bits per heavy atom. The van der Waals surface area contributed by atoms with Crippen LogP contribution in [0.1, 0.15) is 50.5 Å². The Kier molecular flexibility index (Phi) is 9.98. The van der Waals surface area contributed by atoms with E-state index in [0.717, 1.165) is 31.6 Å². The Balaban J connectivity index is 1.91. The Morgan fingerprint density at radius 1 is 0.850 bits per heavy atom. The molecule has 20 heavy (non-hydrogen) atoms. The molecular formula is C17H28O3. The molecule has 1 N–H and O–H groups in total. The zero-order valence-corrected chi connectivity index (χ0v) is 12.6. The van der Waals surface area contributed by atoms with Crippen LogP contribution in [0.2, 0.25) is 0 Å². The number of hydrogen-bond acceptors (Lipinski definition) is 3. The lowest BCUT2D eigenvalue weighted by Crippen LogP contribution is -1.96. The van der Waals surface area contributed by atoms with Gasteiger partial charge in [0.1, 0.15) is 5.75 Å². The van der Waals surface area contributed by atoms with Crippen molar-refractivity contribution < 1.29 is 14.6 Å². The average molecular weight is 280 g/mol. The number of ether oxygens (including phenoxy) is 2. The predicted octanol–water partition coefficient (Wildman–Crippen LogP) is 3.93. The first kappa shape index (κ1) is 17.0. The molecule has 1 aromatic rings. The lowest BCUT2D eigenvalue weighted by atomic mass is 10.1. The van der Waals surface area contributed by atoms with E-state index < -0.39 is 0 Å². The molecule has 114 valence electrons. The van der Waals surface area contributed by atoms with Gasteiger partial charge in [0.25, 0.3) is 0 Å². The van der Waals surface area contributed by atoms with Gasteiger partial charge in [-0.25, -0.2) is 0 Å². The Bertz CT molecular complexity index is 322. The second-order valence-corrected chi connectivity index (χ2v) is 5.10. The van der Waals surface area contributed by atoms with Crippen molar-refractivity contribution in [1.29, 1.82) is 0 Å². The number of methoxy groups -OCH3 is 1. The van der Waals surface area contributed by atoms with Gasteiger partial charge in [-0.3, -0.25) is 0 Å². The van der Waals surface area contributed by atoms with E-state index in [1.807, 2.05) is 24.3 Å². The lowest BCUT2D eigenvalue weighted by molar-refractivity contribution is 0.116. The third kappa shape index (κ3) is 8.18. The van der Waals surface area contributed by atoms with Crippen LogP contribution in [-0.2, 0) is 11.3 Å². The first-order chi connectivity index (χ1) is 9.86. The summed E-state index contributed by atoms with van der Waals surface area (Å²) in [5.41, 5.74) is 1.19. The largest absolute Gasteiger partial charge is 0.497 e. The minimum Gasteiger partial charge on any atom is -0.497 e. The molecule has 0 aliphatic rings. The third-order valence-electron chi connectivity index (χ3n) is 3.37. The Hall–Kier alpha value is -1.06. The number of unbranched alkanes of at least 4 members (excludes halogenated alkanes) is 6. The molecule has 0 aliphatic heterocycles. The van der Waals surface area contributed by atoms with Gasteiger partial charge in [-0.2, -0.15) is 0 Å². The van der Waals surface area contributed by atoms with Crippen molar-refractivity contribution in [2.24, 2.45) is 0 Å². The van der Waals surface area contributed by atoms with Crippen LogP contribution in [0.4, 0.5) is 0 Å². The Morgan fingerprint density at radius 2 is 1.45 bits per heavy atom. The molecule has 0 bridgehead atoms. The second-order valence-electron chi connectivity index (χ2n) is 5.10. The number of aliphatic hydroxyl groups excluding tert-OH is 1. The van der Waals surface area contributed by atoms with Crippen LogP contribution in [-0.4, -0.2) is 25.4 Å². The normalized spacial score (nSPS) is 10.7. The molecule has 0 saturated carbocycles. The first-order valence-electron chi connectivity index (χ1n) is 7.68. The van der Waals surface area contributed by atoms with Crippen LogP contribution in [0, 0.1) is 0 Å². The summed E-state index contributed by atoms with van der Waals surface area (Å²) >= 11 is 0. The molecule has 0 saturated heterocycles. The fourth-order valence-corrected chi connectivity index (χ4v) is 2.11. The molecule has 0 radical (unpaired) electrons. The molecule has 3 heteroatoms. The van der Waals surface area contributed by atoms with Gasteiger partial charge in [0.15, 0.2) is 0 Å². The topological polar surface area (TPSA) is 38.7 Å². The molecule has 0 spiro atoms. The van der Waals surface area contributed by atoms with Crippen LogP contribution in [0.3, 0.4) is 0 Å². The second kappa shape index (κ2) is 11.7. The number of hydrogen-bond donors (Lipinski definition) is 1. The average Bonchev–Trinajstić information content (AvgIpc) is 2.50. The van der Waals surface area contributed by atoms with E-state index in [-0.39, 0.29) is 0 Å². The third-order valence-corrected chi connectivity index (χ3v) is 3.37. The lowest BCUT2D eigenvalue weighted by Gasteiger charge is -2.06. The summed E-state index contributed by atoms with van der Waals surface area (Å²) in [6.45, 7) is 1.85. The molecule has 0 aromatic heterocycles. The monoisotopic (exact) mass is 280 g/mol. The molecule has 1 aromatic carbocycles. The highest BCUT2D eigenvalue weighted by Crippen LogP contribution is 2.12. The van der Waals surface area contributed by atoms with Crippen LogP contribution < -0.4 is 4.74 Å². The summed E-state index contributed by atoms with van der Waals surface area (Å²) in [5, 5.41) is 8.67. The van der Waals surface area contributed by atoms with Crippen LogP contribution in [0.25, 0.3) is 0 Å².